The topological polar surface area (TPSA) is 18.5 Å². The van der Waals surface area contributed by atoms with Crippen LogP contribution in [0.4, 0.5) is 0 Å². The maximum Gasteiger partial charge on any atom is 0.0107 e. The van der Waals surface area contributed by atoms with Crippen molar-refractivity contribution in [1.82, 2.24) is 15.1 Å². The van der Waals surface area contributed by atoms with Crippen LogP contribution in [0, 0.1) is 17.3 Å². The molecule has 2 fully saturated rings. The SMILES string of the molecule is CCN(CCNCC1(CC(C)C)CC1)CC1CCN(C(C)C)CC1. The number of hydrogen-bond donors (Lipinski definition) is 1. The van der Waals surface area contributed by atoms with Gasteiger partial charge in [-0.1, -0.05) is 20.8 Å². The van der Waals surface area contributed by atoms with Crippen molar-refractivity contribution in [3.63, 3.8) is 0 Å². The van der Waals surface area contributed by atoms with Crippen LogP contribution >= 0.6 is 0 Å². The Balaban J connectivity index is 1.59. The summed E-state index contributed by atoms with van der Waals surface area (Å²) in [6, 6.07) is 0.720. The lowest BCUT2D eigenvalue weighted by molar-refractivity contribution is 0.123. The third kappa shape index (κ3) is 6.65. The first-order valence-electron chi connectivity index (χ1n) is 10.6. The van der Waals surface area contributed by atoms with Crippen LogP contribution in [0.5, 0.6) is 0 Å². The molecule has 0 aromatic heterocycles. The number of nitrogens with one attached hydrogen (secondary N) is 1. The fourth-order valence-corrected chi connectivity index (χ4v) is 4.48. The number of piperidine rings is 1. The Morgan fingerprint density at radius 3 is 2.29 bits per heavy atom. The summed E-state index contributed by atoms with van der Waals surface area (Å²) in [6.45, 7) is 20.5. The number of hydrogen-bond acceptors (Lipinski definition) is 3. The predicted octanol–water partition coefficient (Wildman–Crippen LogP) is 3.84. The molecular formula is C21H43N3. The van der Waals surface area contributed by atoms with E-state index in [1.165, 1.54) is 77.9 Å². The van der Waals surface area contributed by atoms with Gasteiger partial charge in [0, 0.05) is 32.2 Å². The fourth-order valence-electron chi connectivity index (χ4n) is 4.48. The van der Waals surface area contributed by atoms with Crippen molar-refractivity contribution < 1.29 is 0 Å². The van der Waals surface area contributed by atoms with Crippen molar-refractivity contribution in [3.8, 4) is 0 Å². The van der Waals surface area contributed by atoms with Gasteiger partial charge >= 0.3 is 0 Å². The van der Waals surface area contributed by atoms with Crippen LogP contribution in [0.15, 0.2) is 0 Å². The Morgan fingerprint density at radius 2 is 1.79 bits per heavy atom. The molecule has 0 atom stereocenters. The minimum absolute atomic E-state index is 0.662. The summed E-state index contributed by atoms with van der Waals surface area (Å²) in [5.74, 6) is 1.76. The van der Waals surface area contributed by atoms with E-state index < -0.39 is 0 Å². The molecule has 0 unspecified atom stereocenters. The van der Waals surface area contributed by atoms with E-state index in [2.05, 4.69) is 49.7 Å². The molecule has 1 aliphatic heterocycles. The summed E-state index contributed by atoms with van der Waals surface area (Å²) in [6.07, 6.45) is 7.08. The van der Waals surface area contributed by atoms with E-state index in [1.807, 2.05) is 0 Å². The minimum atomic E-state index is 0.662. The summed E-state index contributed by atoms with van der Waals surface area (Å²) >= 11 is 0. The van der Waals surface area contributed by atoms with Crippen molar-refractivity contribution in [1.29, 1.82) is 0 Å². The highest BCUT2D eigenvalue weighted by molar-refractivity contribution is 4.95. The summed E-state index contributed by atoms with van der Waals surface area (Å²) < 4.78 is 0. The summed E-state index contributed by atoms with van der Waals surface area (Å²) in [5.41, 5.74) is 0.662. The standard InChI is InChI=1S/C21H43N3/c1-6-23(16-20-7-12-24(13-8-20)19(4)5)14-11-22-17-21(9-10-21)15-18(2)3/h18-20,22H,6-17H2,1-5H3. The molecule has 2 aliphatic rings. The fraction of sp³-hybridized carbons (Fsp3) is 1.00. The second-order valence-corrected chi connectivity index (χ2v) is 9.24. The van der Waals surface area contributed by atoms with E-state index in [0.29, 0.717) is 5.41 Å². The van der Waals surface area contributed by atoms with E-state index in [0.717, 1.165) is 17.9 Å². The van der Waals surface area contributed by atoms with Crippen LogP contribution in [-0.4, -0.2) is 61.7 Å². The molecule has 3 nitrogen and oxygen atoms in total. The lowest BCUT2D eigenvalue weighted by Crippen LogP contribution is -2.43. The van der Waals surface area contributed by atoms with Gasteiger partial charge in [0.2, 0.25) is 0 Å². The Kier molecular flexibility index (Phi) is 8.03. The zero-order valence-corrected chi connectivity index (χ0v) is 17.1. The van der Waals surface area contributed by atoms with E-state index in [-0.39, 0.29) is 0 Å². The lowest BCUT2D eigenvalue weighted by Gasteiger charge is -2.36. The molecular weight excluding hydrogens is 294 g/mol. The van der Waals surface area contributed by atoms with Gasteiger partial charge in [0.05, 0.1) is 0 Å². The molecule has 3 heteroatoms. The van der Waals surface area contributed by atoms with Crippen molar-refractivity contribution in [2.24, 2.45) is 17.3 Å². The summed E-state index contributed by atoms with van der Waals surface area (Å²) in [7, 11) is 0. The van der Waals surface area contributed by atoms with Gasteiger partial charge in [-0.25, -0.2) is 0 Å². The molecule has 1 N–H and O–H groups in total. The molecule has 1 aliphatic carbocycles. The zero-order valence-electron chi connectivity index (χ0n) is 17.1. The average Bonchev–Trinajstić information content (AvgIpc) is 3.29. The molecule has 2 rings (SSSR count). The average molecular weight is 338 g/mol. The van der Waals surface area contributed by atoms with Crippen LogP contribution in [0.1, 0.15) is 66.7 Å². The highest BCUT2D eigenvalue weighted by Gasteiger charge is 2.42. The molecule has 0 aromatic rings. The van der Waals surface area contributed by atoms with Crippen LogP contribution in [0.3, 0.4) is 0 Å². The first-order valence-corrected chi connectivity index (χ1v) is 10.6. The van der Waals surface area contributed by atoms with Crippen LogP contribution < -0.4 is 5.32 Å². The Bertz CT molecular complexity index is 341. The monoisotopic (exact) mass is 337 g/mol. The van der Waals surface area contributed by atoms with E-state index >= 15 is 0 Å². The molecule has 1 saturated carbocycles. The Labute approximate surface area is 151 Å². The normalized spacial score (nSPS) is 22.0. The smallest absolute Gasteiger partial charge is 0.0107 e. The molecule has 0 amide bonds. The van der Waals surface area contributed by atoms with Gasteiger partial charge in [0.1, 0.15) is 0 Å². The second kappa shape index (κ2) is 9.54. The third-order valence-corrected chi connectivity index (χ3v) is 6.25. The molecule has 0 bridgehead atoms. The Hall–Kier alpha value is -0.120. The first kappa shape index (κ1) is 20.2. The van der Waals surface area contributed by atoms with Crippen molar-refractivity contribution >= 4 is 0 Å². The van der Waals surface area contributed by atoms with Gasteiger partial charge in [-0.15, -0.1) is 0 Å². The number of likely N-dealkylation sites (N-methyl/N-ethyl adjacent to an activating group) is 1. The maximum atomic E-state index is 3.77. The van der Waals surface area contributed by atoms with E-state index in [9.17, 15) is 0 Å². The summed E-state index contributed by atoms with van der Waals surface area (Å²) in [5, 5.41) is 3.77. The number of rotatable bonds is 11. The molecule has 0 radical (unpaired) electrons. The van der Waals surface area contributed by atoms with Gasteiger partial charge in [-0.3, -0.25) is 0 Å². The molecule has 24 heavy (non-hydrogen) atoms. The molecule has 0 aromatic carbocycles. The number of nitrogens with zero attached hydrogens (tertiary/aromatic N) is 2. The minimum Gasteiger partial charge on any atom is -0.315 e. The third-order valence-electron chi connectivity index (χ3n) is 6.25. The summed E-state index contributed by atoms with van der Waals surface area (Å²) in [4.78, 5) is 5.31. The van der Waals surface area contributed by atoms with Crippen LogP contribution in [0.2, 0.25) is 0 Å². The van der Waals surface area contributed by atoms with Crippen molar-refractivity contribution in [3.05, 3.63) is 0 Å². The van der Waals surface area contributed by atoms with Crippen LogP contribution in [-0.2, 0) is 0 Å². The van der Waals surface area contributed by atoms with Crippen molar-refractivity contribution in [2.45, 2.75) is 72.8 Å². The number of likely N-dealkylation sites (tertiary alicyclic amines) is 1. The van der Waals surface area contributed by atoms with Crippen molar-refractivity contribution in [2.75, 3.05) is 45.8 Å². The highest BCUT2D eigenvalue weighted by Crippen LogP contribution is 2.49. The van der Waals surface area contributed by atoms with Crippen LogP contribution in [0.25, 0.3) is 0 Å². The maximum absolute atomic E-state index is 3.77. The van der Waals surface area contributed by atoms with Gasteiger partial charge in [-0.05, 0) is 82.8 Å². The largest absolute Gasteiger partial charge is 0.315 e. The van der Waals surface area contributed by atoms with Gasteiger partial charge in [0.25, 0.3) is 0 Å². The molecule has 1 saturated heterocycles. The molecule has 1 heterocycles. The van der Waals surface area contributed by atoms with Gasteiger partial charge in [-0.2, -0.15) is 0 Å². The Morgan fingerprint density at radius 1 is 1.12 bits per heavy atom. The molecule has 142 valence electrons. The highest BCUT2D eigenvalue weighted by atomic mass is 15.2. The van der Waals surface area contributed by atoms with Gasteiger partial charge in [0.15, 0.2) is 0 Å². The lowest BCUT2D eigenvalue weighted by atomic mass is 9.94. The molecule has 0 spiro atoms. The quantitative estimate of drug-likeness (QED) is 0.578. The second-order valence-electron chi connectivity index (χ2n) is 9.24. The predicted molar refractivity (Wildman–Crippen MR) is 106 cm³/mol. The zero-order chi connectivity index (χ0) is 17.6. The van der Waals surface area contributed by atoms with E-state index in [1.54, 1.807) is 0 Å². The van der Waals surface area contributed by atoms with Gasteiger partial charge < -0.3 is 15.1 Å². The first-order chi connectivity index (χ1) is 11.4. The van der Waals surface area contributed by atoms with E-state index in [4.69, 9.17) is 0 Å².